The average Bonchev–Trinajstić information content (AvgIpc) is 3.61. The molecule has 2 aliphatic rings. The van der Waals surface area contributed by atoms with Crippen LogP contribution in [0.4, 0.5) is 18.4 Å². The second kappa shape index (κ2) is 16.4. The summed E-state index contributed by atoms with van der Waals surface area (Å²) in [7, 11) is 1.31. The van der Waals surface area contributed by atoms with E-state index in [0.29, 0.717) is 11.4 Å². The molecular formula is C32H36F2N6O7. The number of carboxylic acid groups (broad SMARTS) is 1. The van der Waals surface area contributed by atoms with Crippen LogP contribution in [0.2, 0.25) is 0 Å². The molecule has 1 saturated heterocycles. The Bertz CT molecular complexity index is 1590. The van der Waals surface area contributed by atoms with Gasteiger partial charge in [0.05, 0.1) is 24.1 Å². The van der Waals surface area contributed by atoms with Gasteiger partial charge in [0.1, 0.15) is 6.04 Å². The minimum Gasteiger partial charge on any atom is -0.478 e. The largest absolute Gasteiger partial charge is 0.478 e. The third-order valence-corrected chi connectivity index (χ3v) is 7.53. The molecule has 3 unspecified atom stereocenters. The Morgan fingerprint density at radius 2 is 1.83 bits per heavy atom. The second-order valence-corrected chi connectivity index (χ2v) is 10.7. The standard InChI is InChI=1S/C27H31F2N5O5.C5H5NO2/c1-39-15-22-23(25(35)36)24(17-7-8-19(28)20(29)13-17)34(27(38)33-22)26(37)32-12-11-30-18-9-10-31-21(14-18)16-5-3-2-4-6-16;6-5(7)4-2-1-3-8-4/h2-8,13,18,21,24,30-31H,9-12,14-15H2,1H3,(H,32,37)(H,33,38)(H,35,36);1-3H,(H2,6,7). The number of carbonyl (C=O) groups excluding carboxylic acids is 3. The molecule has 0 bridgehead atoms. The van der Waals surface area contributed by atoms with Gasteiger partial charge >= 0.3 is 18.0 Å². The molecule has 1 aromatic heterocycles. The quantitative estimate of drug-likeness (QED) is 0.179. The number of aliphatic carboxylic acids is 1. The summed E-state index contributed by atoms with van der Waals surface area (Å²) in [6, 6.07) is 13.1. The normalized spacial score (nSPS) is 19.3. The first kappa shape index (κ1) is 34.7. The number of carboxylic acids is 1. The van der Waals surface area contributed by atoms with Crippen molar-refractivity contribution >= 4 is 23.9 Å². The van der Waals surface area contributed by atoms with Crippen LogP contribution in [0.3, 0.4) is 0 Å². The molecule has 0 radical (unpaired) electrons. The number of nitrogens with zero attached hydrogens (tertiary/aromatic N) is 1. The van der Waals surface area contributed by atoms with E-state index in [1.54, 1.807) is 6.07 Å². The number of carbonyl (C=O) groups is 4. The van der Waals surface area contributed by atoms with Gasteiger partial charge in [0.15, 0.2) is 17.4 Å². The number of halogens is 2. The molecular weight excluding hydrogens is 618 g/mol. The van der Waals surface area contributed by atoms with Gasteiger partial charge in [0.25, 0.3) is 5.91 Å². The van der Waals surface area contributed by atoms with E-state index in [0.717, 1.165) is 37.6 Å². The molecule has 2 aromatic carbocycles. The lowest BCUT2D eigenvalue weighted by atomic mass is 9.93. The van der Waals surface area contributed by atoms with Crippen LogP contribution in [0.5, 0.6) is 0 Å². The molecule has 5 amide bonds. The highest BCUT2D eigenvalue weighted by Gasteiger charge is 2.42. The molecule has 250 valence electrons. The van der Waals surface area contributed by atoms with Crippen molar-refractivity contribution in [3.8, 4) is 0 Å². The van der Waals surface area contributed by atoms with Crippen molar-refractivity contribution in [2.24, 2.45) is 5.73 Å². The second-order valence-electron chi connectivity index (χ2n) is 10.7. The van der Waals surface area contributed by atoms with Gasteiger partial charge in [0.2, 0.25) is 0 Å². The first-order valence-corrected chi connectivity index (χ1v) is 14.7. The molecule has 13 nitrogen and oxygen atoms in total. The zero-order valence-electron chi connectivity index (χ0n) is 25.5. The number of urea groups is 2. The Balaban J connectivity index is 0.000000546. The van der Waals surface area contributed by atoms with Gasteiger partial charge in [-0.2, -0.15) is 0 Å². The van der Waals surface area contributed by atoms with Crippen molar-refractivity contribution < 1.29 is 42.2 Å². The monoisotopic (exact) mass is 654 g/mol. The van der Waals surface area contributed by atoms with E-state index in [2.05, 4.69) is 37.8 Å². The Kier molecular flexibility index (Phi) is 12.2. The predicted molar refractivity (Wildman–Crippen MR) is 165 cm³/mol. The number of benzene rings is 2. The summed E-state index contributed by atoms with van der Waals surface area (Å²) in [4.78, 5) is 49.2. The third-order valence-electron chi connectivity index (χ3n) is 7.53. The number of rotatable bonds is 10. The maximum Gasteiger partial charge on any atom is 0.335 e. The number of imide groups is 1. The molecule has 0 aliphatic carbocycles. The van der Waals surface area contributed by atoms with Crippen LogP contribution < -0.4 is 27.0 Å². The van der Waals surface area contributed by atoms with Crippen LogP contribution in [0, 0.1) is 11.6 Å². The van der Waals surface area contributed by atoms with Crippen LogP contribution in [0.15, 0.2) is 82.6 Å². The molecule has 3 aromatic rings. The molecule has 47 heavy (non-hydrogen) atoms. The number of ether oxygens (including phenoxy) is 1. The van der Waals surface area contributed by atoms with Crippen molar-refractivity contribution in [1.29, 1.82) is 0 Å². The minimum absolute atomic E-state index is 0.0790. The van der Waals surface area contributed by atoms with Gasteiger partial charge in [-0.15, -0.1) is 0 Å². The van der Waals surface area contributed by atoms with E-state index < -0.39 is 47.2 Å². The van der Waals surface area contributed by atoms with Gasteiger partial charge in [-0.3, -0.25) is 4.79 Å². The van der Waals surface area contributed by atoms with Gasteiger partial charge in [0, 0.05) is 32.3 Å². The number of methoxy groups -OCH3 is 1. The Labute approximate surface area is 269 Å². The lowest BCUT2D eigenvalue weighted by molar-refractivity contribution is -0.133. The van der Waals surface area contributed by atoms with Crippen LogP contribution in [0.1, 0.15) is 46.6 Å². The molecule has 0 spiro atoms. The van der Waals surface area contributed by atoms with E-state index >= 15 is 0 Å². The summed E-state index contributed by atoms with van der Waals surface area (Å²) >= 11 is 0. The topological polar surface area (TPSA) is 188 Å². The molecule has 0 saturated carbocycles. The number of amides is 5. The summed E-state index contributed by atoms with van der Waals surface area (Å²) in [5.41, 5.74) is 5.47. The third kappa shape index (κ3) is 9.00. The number of hydrogen-bond acceptors (Lipinski definition) is 8. The zero-order valence-corrected chi connectivity index (χ0v) is 25.5. The SMILES string of the molecule is COCC1=C(C(=O)O)C(c2ccc(F)c(F)c2)N(C(=O)NCCNC2CCNC(c3ccccc3)C2)C(=O)N1.NC(=O)c1ccco1. The molecule has 7 N–H and O–H groups in total. The number of nitrogens with two attached hydrogens (primary N) is 1. The highest BCUT2D eigenvalue weighted by Crippen LogP contribution is 2.34. The van der Waals surface area contributed by atoms with Crippen molar-refractivity contribution in [1.82, 2.24) is 26.2 Å². The summed E-state index contributed by atoms with van der Waals surface area (Å²) in [5.74, 6) is -4.17. The van der Waals surface area contributed by atoms with E-state index in [1.165, 1.54) is 25.0 Å². The maximum atomic E-state index is 14.1. The first-order valence-electron chi connectivity index (χ1n) is 14.7. The fourth-order valence-electron chi connectivity index (χ4n) is 5.37. The summed E-state index contributed by atoms with van der Waals surface area (Å²) < 4.78 is 37.3. The van der Waals surface area contributed by atoms with Crippen LogP contribution in [0.25, 0.3) is 0 Å². The van der Waals surface area contributed by atoms with Crippen LogP contribution in [-0.2, 0) is 9.53 Å². The molecule has 2 aliphatic heterocycles. The van der Waals surface area contributed by atoms with Crippen molar-refractivity contribution in [2.75, 3.05) is 33.4 Å². The Morgan fingerprint density at radius 1 is 1.06 bits per heavy atom. The van der Waals surface area contributed by atoms with Crippen LogP contribution >= 0.6 is 0 Å². The summed E-state index contributed by atoms with van der Waals surface area (Å²) in [6.07, 6.45) is 3.17. The smallest absolute Gasteiger partial charge is 0.335 e. The minimum atomic E-state index is -1.51. The van der Waals surface area contributed by atoms with E-state index in [-0.39, 0.29) is 42.3 Å². The molecule has 3 atom stereocenters. The fraction of sp³-hybridized carbons (Fsp3) is 0.312. The molecule has 15 heteroatoms. The Morgan fingerprint density at radius 3 is 2.45 bits per heavy atom. The molecule has 1 fully saturated rings. The lowest BCUT2D eigenvalue weighted by Gasteiger charge is -2.36. The number of piperidine rings is 1. The van der Waals surface area contributed by atoms with Crippen molar-refractivity contribution in [2.45, 2.75) is 31.0 Å². The maximum absolute atomic E-state index is 14.1. The molecule has 5 rings (SSSR count). The molecule has 3 heterocycles. The number of nitrogens with one attached hydrogen (secondary N) is 4. The first-order chi connectivity index (χ1) is 22.6. The average molecular weight is 655 g/mol. The highest BCUT2D eigenvalue weighted by atomic mass is 19.2. The van der Waals surface area contributed by atoms with Gasteiger partial charge in [-0.25, -0.2) is 28.1 Å². The van der Waals surface area contributed by atoms with Crippen molar-refractivity contribution in [3.05, 3.63) is 107 Å². The van der Waals surface area contributed by atoms with E-state index in [9.17, 15) is 33.1 Å². The number of furan rings is 1. The fourth-order valence-corrected chi connectivity index (χ4v) is 5.37. The van der Waals surface area contributed by atoms with Gasteiger partial charge in [-0.1, -0.05) is 36.4 Å². The summed E-state index contributed by atoms with van der Waals surface area (Å²) in [6.45, 7) is 1.11. The predicted octanol–water partition coefficient (Wildman–Crippen LogP) is 3.19. The highest BCUT2D eigenvalue weighted by molar-refractivity contribution is 6.01. The number of hydrogen-bond donors (Lipinski definition) is 6. The lowest BCUT2D eigenvalue weighted by Crippen LogP contribution is -2.55. The van der Waals surface area contributed by atoms with E-state index in [1.807, 2.05) is 18.2 Å². The number of primary amides is 1. The van der Waals surface area contributed by atoms with Gasteiger partial charge in [-0.05, 0) is 54.8 Å². The zero-order chi connectivity index (χ0) is 33.9. The summed E-state index contributed by atoms with van der Waals surface area (Å²) in [5, 5.41) is 21.9. The Hall–Kier alpha value is -5.12. The van der Waals surface area contributed by atoms with E-state index in [4.69, 9.17) is 10.5 Å². The van der Waals surface area contributed by atoms with Crippen LogP contribution in [-0.4, -0.2) is 73.3 Å². The van der Waals surface area contributed by atoms with Gasteiger partial charge < -0.3 is 41.3 Å². The van der Waals surface area contributed by atoms with Crippen molar-refractivity contribution in [3.63, 3.8) is 0 Å².